The number of nitrogens with zero attached hydrogens (tertiary/aromatic N) is 1. The fraction of sp³-hybridized carbons (Fsp3) is 0.240. The molecule has 0 bridgehead atoms. The number of carbonyl (C=O) groups is 1. The van der Waals surface area contributed by atoms with Crippen LogP contribution in [-0.2, 0) is 11.2 Å². The second kappa shape index (κ2) is 7.97. The fourth-order valence-electron chi connectivity index (χ4n) is 4.27. The van der Waals surface area contributed by atoms with E-state index in [9.17, 15) is 9.18 Å². The van der Waals surface area contributed by atoms with Gasteiger partial charge < -0.3 is 4.90 Å². The summed E-state index contributed by atoms with van der Waals surface area (Å²) in [6, 6.07) is 24.4. The van der Waals surface area contributed by atoms with Crippen LogP contribution in [0, 0.1) is 5.82 Å². The van der Waals surface area contributed by atoms with E-state index >= 15 is 0 Å². The van der Waals surface area contributed by atoms with Crippen molar-refractivity contribution in [1.82, 2.24) is 4.90 Å². The molecule has 4 rings (SSSR count). The first kappa shape index (κ1) is 18.4. The Kier molecular flexibility index (Phi) is 5.25. The van der Waals surface area contributed by atoms with Crippen molar-refractivity contribution < 1.29 is 9.18 Å². The second-order valence-corrected chi connectivity index (χ2v) is 7.28. The molecule has 1 amide bonds. The van der Waals surface area contributed by atoms with E-state index < -0.39 is 6.04 Å². The molecule has 28 heavy (non-hydrogen) atoms. The summed E-state index contributed by atoms with van der Waals surface area (Å²) in [6.45, 7) is 2.63. The van der Waals surface area contributed by atoms with Gasteiger partial charge in [0, 0.05) is 12.1 Å². The number of halogens is 1. The summed E-state index contributed by atoms with van der Waals surface area (Å²) in [5, 5.41) is 0. The van der Waals surface area contributed by atoms with Crippen molar-refractivity contribution in [3.05, 3.63) is 107 Å². The zero-order valence-corrected chi connectivity index (χ0v) is 16.0. The molecule has 3 aromatic carbocycles. The number of rotatable bonds is 4. The second-order valence-electron chi connectivity index (χ2n) is 7.28. The zero-order valence-electron chi connectivity index (χ0n) is 16.0. The van der Waals surface area contributed by atoms with Crippen LogP contribution in [-0.4, -0.2) is 17.4 Å². The van der Waals surface area contributed by atoms with Crippen LogP contribution in [0.25, 0.3) is 0 Å². The average Bonchev–Trinajstić information content (AvgIpc) is 2.74. The normalized spacial score (nSPS) is 17.1. The summed E-state index contributed by atoms with van der Waals surface area (Å²) in [5.41, 5.74) is 3.79. The van der Waals surface area contributed by atoms with E-state index in [4.69, 9.17) is 0 Å². The van der Waals surface area contributed by atoms with Gasteiger partial charge >= 0.3 is 0 Å². The molecule has 0 saturated heterocycles. The lowest BCUT2D eigenvalue weighted by molar-refractivity contribution is -0.135. The van der Waals surface area contributed by atoms with Crippen molar-refractivity contribution in [2.75, 3.05) is 6.54 Å². The Bertz CT molecular complexity index is 969. The quantitative estimate of drug-likeness (QED) is 0.592. The minimum atomic E-state index is -0.392. The van der Waals surface area contributed by atoms with Gasteiger partial charge in [0.05, 0.1) is 12.0 Å². The van der Waals surface area contributed by atoms with Gasteiger partial charge in [-0.1, -0.05) is 79.7 Å². The van der Waals surface area contributed by atoms with Gasteiger partial charge in [-0.25, -0.2) is 4.39 Å². The van der Waals surface area contributed by atoms with Gasteiger partial charge in [0.25, 0.3) is 0 Å². The van der Waals surface area contributed by atoms with Gasteiger partial charge in [-0.3, -0.25) is 4.79 Å². The molecule has 3 heteroatoms. The maximum absolute atomic E-state index is 14.8. The van der Waals surface area contributed by atoms with Crippen LogP contribution in [0.15, 0.2) is 78.9 Å². The van der Waals surface area contributed by atoms with E-state index in [1.54, 1.807) is 12.1 Å². The Morgan fingerprint density at radius 1 is 0.964 bits per heavy atom. The molecule has 0 saturated carbocycles. The summed E-state index contributed by atoms with van der Waals surface area (Å²) in [4.78, 5) is 15.5. The molecule has 0 spiro atoms. The Morgan fingerprint density at radius 2 is 1.61 bits per heavy atom. The highest BCUT2D eigenvalue weighted by Crippen LogP contribution is 2.38. The minimum Gasteiger partial charge on any atom is -0.331 e. The maximum Gasteiger partial charge on any atom is 0.230 e. The summed E-state index contributed by atoms with van der Waals surface area (Å²) in [6.07, 6.45) is 1.50. The first-order valence-corrected chi connectivity index (χ1v) is 9.88. The van der Waals surface area contributed by atoms with Crippen LogP contribution < -0.4 is 0 Å². The highest BCUT2D eigenvalue weighted by atomic mass is 19.1. The molecule has 1 aliphatic rings. The molecule has 0 aliphatic carbocycles. The smallest absolute Gasteiger partial charge is 0.230 e. The average molecular weight is 373 g/mol. The van der Waals surface area contributed by atoms with Crippen molar-refractivity contribution >= 4 is 5.91 Å². The van der Waals surface area contributed by atoms with Crippen LogP contribution in [0.5, 0.6) is 0 Å². The van der Waals surface area contributed by atoms with E-state index in [1.807, 2.05) is 66.4 Å². The van der Waals surface area contributed by atoms with Crippen molar-refractivity contribution in [2.24, 2.45) is 0 Å². The Hall–Kier alpha value is -2.94. The van der Waals surface area contributed by atoms with Crippen molar-refractivity contribution in [3.8, 4) is 0 Å². The lowest BCUT2D eigenvalue weighted by Crippen LogP contribution is -2.43. The molecule has 0 unspecified atom stereocenters. The first-order chi connectivity index (χ1) is 13.7. The van der Waals surface area contributed by atoms with Gasteiger partial charge in [-0.05, 0) is 35.6 Å². The van der Waals surface area contributed by atoms with Crippen molar-refractivity contribution in [1.29, 1.82) is 0 Å². The van der Waals surface area contributed by atoms with E-state index in [-0.39, 0.29) is 17.6 Å². The van der Waals surface area contributed by atoms with Gasteiger partial charge in [0.2, 0.25) is 5.91 Å². The third kappa shape index (κ3) is 3.33. The topological polar surface area (TPSA) is 20.3 Å². The monoisotopic (exact) mass is 373 g/mol. The molecule has 142 valence electrons. The van der Waals surface area contributed by atoms with Gasteiger partial charge in [0.1, 0.15) is 5.82 Å². The van der Waals surface area contributed by atoms with Crippen LogP contribution in [0.2, 0.25) is 0 Å². The number of amides is 1. The van der Waals surface area contributed by atoms with Gasteiger partial charge in [-0.2, -0.15) is 0 Å². The molecular formula is C25H24FNO. The largest absolute Gasteiger partial charge is 0.331 e. The third-order valence-electron chi connectivity index (χ3n) is 5.67. The number of benzene rings is 3. The molecule has 0 fully saturated rings. The lowest BCUT2D eigenvalue weighted by Gasteiger charge is -2.39. The van der Waals surface area contributed by atoms with Crippen LogP contribution >= 0.6 is 0 Å². The molecule has 0 N–H and O–H groups in total. The predicted octanol–water partition coefficient (Wildman–Crippen LogP) is 5.49. The Morgan fingerprint density at radius 3 is 2.32 bits per heavy atom. The fourth-order valence-corrected chi connectivity index (χ4v) is 4.27. The first-order valence-electron chi connectivity index (χ1n) is 9.88. The third-order valence-corrected chi connectivity index (χ3v) is 5.67. The van der Waals surface area contributed by atoms with E-state index in [0.717, 1.165) is 17.5 Å². The molecule has 3 aromatic rings. The lowest BCUT2D eigenvalue weighted by atomic mass is 9.86. The number of hydrogen-bond acceptors (Lipinski definition) is 1. The predicted molar refractivity (Wildman–Crippen MR) is 110 cm³/mol. The standard InChI is InChI=1S/C25H24FNO/c1-2-20(18-10-4-3-5-11-18)25(28)27-17-16-19-12-6-7-13-21(19)24(27)22-14-8-9-15-23(22)26/h3-15,20,24H,2,16-17H2,1H3/t20-,24+/m0/s1. The van der Waals surface area contributed by atoms with Crippen molar-refractivity contribution in [3.63, 3.8) is 0 Å². The SMILES string of the molecule is CC[C@H](C(=O)N1CCc2ccccc2[C@@H]1c1ccccc1F)c1ccccc1. The summed E-state index contributed by atoms with van der Waals surface area (Å²) in [7, 11) is 0. The molecule has 2 nitrogen and oxygen atoms in total. The van der Waals surface area contributed by atoms with E-state index in [2.05, 4.69) is 6.07 Å². The van der Waals surface area contributed by atoms with Gasteiger partial charge in [0.15, 0.2) is 0 Å². The number of carbonyl (C=O) groups excluding carboxylic acids is 1. The van der Waals surface area contributed by atoms with E-state index in [1.165, 1.54) is 11.6 Å². The number of fused-ring (bicyclic) bond motifs is 1. The molecule has 0 radical (unpaired) electrons. The van der Waals surface area contributed by atoms with Crippen LogP contribution in [0.4, 0.5) is 4.39 Å². The maximum atomic E-state index is 14.8. The molecule has 1 heterocycles. The molecule has 2 atom stereocenters. The van der Waals surface area contributed by atoms with Crippen LogP contribution in [0.1, 0.15) is 47.6 Å². The van der Waals surface area contributed by atoms with Crippen molar-refractivity contribution in [2.45, 2.75) is 31.7 Å². The summed E-state index contributed by atoms with van der Waals surface area (Å²) >= 11 is 0. The van der Waals surface area contributed by atoms with Gasteiger partial charge in [-0.15, -0.1) is 0 Å². The molecule has 0 aromatic heterocycles. The summed E-state index contributed by atoms with van der Waals surface area (Å²) < 4.78 is 14.8. The molecule has 1 aliphatic heterocycles. The summed E-state index contributed by atoms with van der Waals surface area (Å²) in [5.74, 6) is -0.424. The molecular weight excluding hydrogens is 349 g/mol. The number of hydrogen-bond donors (Lipinski definition) is 0. The highest BCUT2D eigenvalue weighted by Gasteiger charge is 2.36. The zero-order chi connectivity index (χ0) is 19.5. The Labute approximate surface area is 165 Å². The highest BCUT2D eigenvalue weighted by molar-refractivity contribution is 5.85. The van der Waals surface area contributed by atoms with Crippen LogP contribution in [0.3, 0.4) is 0 Å². The Balaban J connectivity index is 1.79. The minimum absolute atomic E-state index is 0.0662. The van der Waals surface area contributed by atoms with E-state index in [0.29, 0.717) is 18.5 Å².